The van der Waals surface area contributed by atoms with Crippen LogP contribution in [0.4, 0.5) is 5.69 Å². The fraction of sp³-hybridized carbons (Fsp3) is 0.562. The first-order valence-electron chi connectivity index (χ1n) is 7.72. The third kappa shape index (κ3) is 6.11. The number of benzene rings is 1. The van der Waals surface area contributed by atoms with Gasteiger partial charge >= 0.3 is 0 Å². The summed E-state index contributed by atoms with van der Waals surface area (Å²) in [4.78, 5) is 14.8. The van der Waals surface area contributed by atoms with Gasteiger partial charge < -0.3 is 10.6 Å². The molecule has 1 unspecified atom stereocenters. The zero-order chi connectivity index (χ0) is 16.5. The zero-order valence-corrected chi connectivity index (χ0v) is 13.8. The van der Waals surface area contributed by atoms with Gasteiger partial charge in [0.25, 0.3) is 5.69 Å². The predicted octanol–water partition coefficient (Wildman–Crippen LogP) is 3.08. The Kier molecular flexibility index (Phi) is 7.36. The van der Waals surface area contributed by atoms with Gasteiger partial charge in [0.15, 0.2) is 5.96 Å². The third-order valence-electron chi connectivity index (χ3n) is 3.47. The lowest BCUT2D eigenvalue weighted by Gasteiger charge is -2.21. The van der Waals surface area contributed by atoms with Crippen LogP contribution in [0.25, 0.3) is 0 Å². The van der Waals surface area contributed by atoms with E-state index in [1.807, 2.05) is 0 Å². The van der Waals surface area contributed by atoms with Crippen molar-refractivity contribution in [2.75, 3.05) is 6.54 Å². The summed E-state index contributed by atoms with van der Waals surface area (Å²) in [6, 6.07) is 6.82. The van der Waals surface area contributed by atoms with Crippen molar-refractivity contribution in [1.29, 1.82) is 0 Å². The van der Waals surface area contributed by atoms with Gasteiger partial charge in [-0.15, -0.1) is 0 Å². The predicted molar refractivity (Wildman–Crippen MR) is 90.0 cm³/mol. The Balaban J connectivity index is 2.72. The lowest BCUT2D eigenvalue weighted by molar-refractivity contribution is -0.384. The summed E-state index contributed by atoms with van der Waals surface area (Å²) in [7, 11) is 0. The standard InChI is InChI=1S/C16H26N4O2/c1-5-10-17-16(19-13(4)12(2)3)18-11-14-6-8-15(9-7-14)20(21)22/h6-9,12-13H,5,10-11H2,1-4H3,(H2,17,18,19). The average molecular weight is 306 g/mol. The number of nitrogens with one attached hydrogen (secondary N) is 2. The van der Waals surface area contributed by atoms with Crippen LogP contribution in [0.5, 0.6) is 0 Å². The number of guanidine groups is 1. The van der Waals surface area contributed by atoms with Crippen LogP contribution in [-0.2, 0) is 6.54 Å². The van der Waals surface area contributed by atoms with Crippen LogP contribution in [-0.4, -0.2) is 23.5 Å². The second kappa shape index (κ2) is 9.02. The Labute approximate surface area is 132 Å². The normalized spacial score (nSPS) is 13.0. The number of nitro benzene ring substituents is 1. The summed E-state index contributed by atoms with van der Waals surface area (Å²) in [5, 5.41) is 17.3. The van der Waals surface area contributed by atoms with Gasteiger partial charge in [-0.05, 0) is 24.8 Å². The fourth-order valence-corrected chi connectivity index (χ4v) is 1.67. The summed E-state index contributed by atoms with van der Waals surface area (Å²) in [6.45, 7) is 9.89. The lowest BCUT2D eigenvalue weighted by atomic mass is 10.1. The maximum absolute atomic E-state index is 10.6. The van der Waals surface area contributed by atoms with Crippen molar-refractivity contribution in [3.8, 4) is 0 Å². The summed E-state index contributed by atoms with van der Waals surface area (Å²) in [5.41, 5.74) is 1.05. The molecule has 2 N–H and O–H groups in total. The fourth-order valence-electron chi connectivity index (χ4n) is 1.67. The molecule has 0 aliphatic rings. The summed E-state index contributed by atoms with van der Waals surface area (Å²) >= 11 is 0. The summed E-state index contributed by atoms with van der Waals surface area (Å²) in [5.74, 6) is 1.29. The number of hydrogen-bond donors (Lipinski definition) is 2. The number of nitro groups is 1. The van der Waals surface area contributed by atoms with Gasteiger partial charge in [-0.2, -0.15) is 0 Å². The highest BCUT2D eigenvalue weighted by molar-refractivity contribution is 5.80. The summed E-state index contributed by atoms with van der Waals surface area (Å²) < 4.78 is 0. The van der Waals surface area contributed by atoms with Crippen LogP contribution in [0.3, 0.4) is 0 Å². The van der Waals surface area contributed by atoms with E-state index >= 15 is 0 Å². The van der Waals surface area contributed by atoms with E-state index in [1.165, 1.54) is 12.1 Å². The first-order valence-corrected chi connectivity index (χ1v) is 7.72. The van der Waals surface area contributed by atoms with Crippen LogP contribution in [0.2, 0.25) is 0 Å². The number of aliphatic imine (C=N–C) groups is 1. The first-order chi connectivity index (χ1) is 10.4. The van der Waals surface area contributed by atoms with E-state index in [9.17, 15) is 10.1 Å². The minimum atomic E-state index is -0.396. The van der Waals surface area contributed by atoms with E-state index in [-0.39, 0.29) is 5.69 Å². The average Bonchev–Trinajstić information content (AvgIpc) is 2.50. The van der Waals surface area contributed by atoms with Crippen molar-refractivity contribution in [3.63, 3.8) is 0 Å². The van der Waals surface area contributed by atoms with Gasteiger partial charge in [-0.1, -0.05) is 32.9 Å². The van der Waals surface area contributed by atoms with Gasteiger partial charge in [0.05, 0.1) is 11.5 Å². The Morgan fingerprint density at radius 1 is 1.27 bits per heavy atom. The number of non-ortho nitro benzene ring substituents is 1. The molecule has 6 heteroatoms. The Hall–Kier alpha value is -2.11. The topological polar surface area (TPSA) is 79.6 Å². The minimum absolute atomic E-state index is 0.101. The molecule has 0 fully saturated rings. The second-order valence-corrected chi connectivity index (χ2v) is 5.69. The molecule has 1 atom stereocenters. The number of nitrogens with zero attached hydrogens (tertiary/aromatic N) is 2. The highest BCUT2D eigenvalue weighted by Crippen LogP contribution is 2.12. The van der Waals surface area contributed by atoms with Crippen molar-refractivity contribution in [2.45, 2.75) is 46.7 Å². The molecule has 0 radical (unpaired) electrons. The molecule has 122 valence electrons. The van der Waals surface area contributed by atoms with Crippen molar-refractivity contribution in [3.05, 3.63) is 39.9 Å². The van der Waals surface area contributed by atoms with Crippen molar-refractivity contribution in [1.82, 2.24) is 10.6 Å². The molecule has 0 saturated carbocycles. The van der Waals surface area contributed by atoms with Crippen molar-refractivity contribution < 1.29 is 4.92 Å². The second-order valence-electron chi connectivity index (χ2n) is 5.69. The monoisotopic (exact) mass is 306 g/mol. The van der Waals surface area contributed by atoms with Gasteiger partial charge in [0.2, 0.25) is 0 Å². The van der Waals surface area contributed by atoms with Crippen LogP contribution in [0, 0.1) is 16.0 Å². The first kappa shape index (κ1) is 17.9. The Bertz CT molecular complexity index is 497. The van der Waals surface area contributed by atoms with E-state index in [1.54, 1.807) is 12.1 Å². The van der Waals surface area contributed by atoms with Crippen LogP contribution < -0.4 is 10.6 Å². The molecule has 0 aliphatic heterocycles. The highest BCUT2D eigenvalue weighted by Gasteiger charge is 2.09. The molecule has 22 heavy (non-hydrogen) atoms. The molecule has 0 amide bonds. The van der Waals surface area contributed by atoms with Crippen LogP contribution in [0.15, 0.2) is 29.3 Å². The molecule has 0 saturated heterocycles. The van der Waals surface area contributed by atoms with Gasteiger partial charge in [-0.25, -0.2) is 4.99 Å². The molecule has 0 bridgehead atoms. The third-order valence-corrected chi connectivity index (χ3v) is 3.47. The van der Waals surface area contributed by atoms with Crippen LogP contribution >= 0.6 is 0 Å². The van der Waals surface area contributed by atoms with E-state index < -0.39 is 4.92 Å². The molecule has 1 rings (SSSR count). The van der Waals surface area contributed by atoms with Gasteiger partial charge in [0.1, 0.15) is 0 Å². The molecule has 0 heterocycles. The minimum Gasteiger partial charge on any atom is -0.356 e. The van der Waals surface area contributed by atoms with Crippen LogP contribution in [0.1, 0.15) is 39.7 Å². The van der Waals surface area contributed by atoms with E-state index in [2.05, 4.69) is 43.3 Å². The maximum Gasteiger partial charge on any atom is 0.269 e. The molecule has 6 nitrogen and oxygen atoms in total. The molecular weight excluding hydrogens is 280 g/mol. The highest BCUT2D eigenvalue weighted by atomic mass is 16.6. The quantitative estimate of drug-likeness (QED) is 0.351. The molecular formula is C16H26N4O2. The van der Waals surface area contributed by atoms with E-state index in [4.69, 9.17) is 0 Å². The van der Waals surface area contributed by atoms with E-state index in [0.29, 0.717) is 18.5 Å². The van der Waals surface area contributed by atoms with Crippen molar-refractivity contribution >= 4 is 11.6 Å². The van der Waals surface area contributed by atoms with Crippen molar-refractivity contribution in [2.24, 2.45) is 10.9 Å². The molecule has 0 spiro atoms. The largest absolute Gasteiger partial charge is 0.356 e. The maximum atomic E-state index is 10.6. The lowest BCUT2D eigenvalue weighted by Crippen LogP contribution is -2.44. The van der Waals surface area contributed by atoms with Gasteiger partial charge in [-0.3, -0.25) is 10.1 Å². The molecule has 0 aliphatic carbocycles. The Morgan fingerprint density at radius 3 is 2.41 bits per heavy atom. The SMILES string of the molecule is CCCNC(=NCc1ccc([N+](=O)[O-])cc1)NC(C)C(C)C. The Morgan fingerprint density at radius 2 is 1.91 bits per heavy atom. The summed E-state index contributed by atoms with van der Waals surface area (Å²) in [6.07, 6.45) is 1.02. The number of rotatable bonds is 7. The molecule has 0 aromatic heterocycles. The zero-order valence-electron chi connectivity index (χ0n) is 13.8. The molecule has 1 aromatic rings. The smallest absolute Gasteiger partial charge is 0.269 e. The van der Waals surface area contributed by atoms with E-state index in [0.717, 1.165) is 24.5 Å². The molecule has 1 aromatic carbocycles. The van der Waals surface area contributed by atoms with Gasteiger partial charge in [0, 0.05) is 24.7 Å². The number of hydrogen-bond acceptors (Lipinski definition) is 3.